The van der Waals surface area contributed by atoms with Crippen molar-refractivity contribution in [2.45, 2.75) is 62.9 Å². The SMILES string of the molecule is CC1(O)CC(CN2C(=O)CCc3cc(OCCN4CCC5(CC4)C(=O)Nc4ccc(C(F)F)cc45)cnc32)C1. The van der Waals surface area contributed by atoms with Crippen molar-refractivity contribution in [3.05, 3.63) is 47.2 Å². The first-order valence-electron chi connectivity index (χ1n) is 13.7. The van der Waals surface area contributed by atoms with Crippen molar-refractivity contribution in [2.24, 2.45) is 5.92 Å². The molecule has 0 unspecified atom stereocenters. The van der Waals surface area contributed by atoms with Gasteiger partial charge in [0.2, 0.25) is 11.8 Å². The lowest BCUT2D eigenvalue weighted by Gasteiger charge is -2.43. The van der Waals surface area contributed by atoms with Crippen LogP contribution in [-0.4, -0.2) is 65.2 Å². The molecule has 39 heavy (non-hydrogen) atoms. The van der Waals surface area contributed by atoms with Gasteiger partial charge >= 0.3 is 0 Å². The number of rotatable bonds is 7. The van der Waals surface area contributed by atoms with E-state index in [0.29, 0.717) is 94.1 Å². The number of ether oxygens (including phenoxy) is 1. The van der Waals surface area contributed by atoms with Crippen LogP contribution in [0.3, 0.4) is 0 Å². The summed E-state index contributed by atoms with van der Waals surface area (Å²) in [5.41, 5.74) is 0.893. The van der Waals surface area contributed by atoms with Gasteiger partial charge in [-0.05, 0) is 87.4 Å². The molecule has 6 rings (SSSR count). The van der Waals surface area contributed by atoms with Crippen molar-refractivity contribution < 1.29 is 28.2 Å². The van der Waals surface area contributed by atoms with Crippen molar-refractivity contribution in [1.29, 1.82) is 0 Å². The molecule has 4 aliphatic rings. The zero-order valence-corrected chi connectivity index (χ0v) is 22.1. The minimum Gasteiger partial charge on any atom is -0.491 e. The average Bonchev–Trinajstić information content (AvgIpc) is 3.15. The summed E-state index contributed by atoms with van der Waals surface area (Å²) in [5.74, 6) is 1.60. The number of alkyl halides is 2. The molecule has 10 heteroatoms. The number of benzene rings is 1. The van der Waals surface area contributed by atoms with Crippen LogP contribution in [0.1, 0.15) is 62.1 Å². The Kier molecular flexibility index (Phi) is 6.58. The second-order valence-electron chi connectivity index (χ2n) is 11.8. The maximum Gasteiger partial charge on any atom is 0.263 e. The summed E-state index contributed by atoms with van der Waals surface area (Å²) in [6, 6.07) is 6.41. The van der Waals surface area contributed by atoms with Crippen LogP contribution in [0.4, 0.5) is 20.3 Å². The van der Waals surface area contributed by atoms with Gasteiger partial charge in [-0.25, -0.2) is 13.8 Å². The number of nitrogens with one attached hydrogen (secondary N) is 1. The van der Waals surface area contributed by atoms with Gasteiger partial charge in [0, 0.05) is 30.8 Å². The zero-order chi connectivity index (χ0) is 27.4. The van der Waals surface area contributed by atoms with Gasteiger partial charge in [0.15, 0.2) is 0 Å². The molecule has 2 aromatic rings. The van der Waals surface area contributed by atoms with E-state index in [1.165, 1.54) is 12.1 Å². The highest BCUT2D eigenvalue weighted by atomic mass is 19.3. The van der Waals surface area contributed by atoms with Crippen molar-refractivity contribution in [1.82, 2.24) is 9.88 Å². The smallest absolute Gasteiger partial charge is 0.263 e. The van der Waals surface area contributed by atoms with Crippen LogP contribution in [-0.2, 0) is 21.4 Å². The molecule has 0 bridgehead atoms. The topological polar surface area (TPSA) is 95.0 Å². The summed E-state index contributed by atoms with van der Waals surface area (Å²) in [6.07, 6.45) is 2.68. The van der Waals surface area contributed by atoms with Crippen molar-refractivity contribution in [3.63, 3.8) is 0 Å². The number of aromatic nitrogens is 1. The Balaban J connectivity index is 1.03. The number of amides is 2. The highest BCUT2D eigenvalue weighted by molar-refractivity contribution is 6.06. The largest absolute Gasteiger partial charge is 0.491 e. The lowest BCUT2D eigenvalue weighted by molar-refractivity contribution is -0.122. The van der Waals surface area contributed by atoms with E-state index in [2.05, 4.69) is 15.2 Å². The van der Waals surface area contributed by atoms with E-state index in [1.807, 2.05) is 13.0 Å². The van der Waals surface area contributed by atoms with E-state index in [-0.39, 0.29) is 23.3 Å². The Morgan fingerprint density at radius 3 is 2.67 bits per heavy atom. The normalized spacial score (nSPS) is 25.9. The lowest BCUT2D eigenvalue weighted by atomic mass is 9.72. The Morgan fingerprint density at radius 1 is 1.18 bits per heavy atom. The average molecular weight is 541 g/mol. The van der Waals surface area contributed by atoms with Crippen LogP contribution >= 0.6 is 0 Å². The van der Waals surface area contributed by atoms with Crippen molar-refractivity contribution in [2.75, 3.05) is 43.0 Å². The number of halogens is 2. The molecular weight excluding hydrogens is 506 g/mol. The number of likely N-dealkylation sites (tertiary alicyclic amines) is 1. The Hall–Kier alpha value is -3.11. The third kappa shape index (κ3) is 4.89. The second kappa shape index (κ2) is 9.82. The minimum atomic E-state index is -2.57. The Morgan fingerprint density at radius 2 is 1.95 bits per heavy atom. The molecule has 1 saturated heterocycles. The number of nitrogens with zero attached hydrogens (tertiary/aromatic N) is 3. The van der Waals surface area contributed by atoms with E-state index in [4.69, 9.17) is 4.74 Å². The third-order valence-corrected chi connectivity index (χ3v) is 8.86. The number of aliphatic hydroxyl groups is 1. The number of piperidine rings is 1. The molecule has 4 heterocycles. The van der Waals surface area contributed by atoms with Crippen molar-refractivity contribution in [3.8, 4) is 5.75 Å². The fourth-order valence-corrected chi connectivity index (χ4v) is 6.76. The summed E-state index contributed by atoms with van der Waals surface area (Å²) in [6.45, 7) is 4.87. The fraction of sp³-hybridized carbons (Fsp3) is 0.552. The van der Waals surface area contributed by atoms with Crippen LogP contribution in [0.5, 0.6) is 5.75 Å². The first kappa shape index (κ1) is 26.1. The molecule has 1 saturated carbocycles. The molecule has 0 atom stereocenters. The summed E-state index contributed by atoms with van der Waals surface area (Å²) < 4.78 is 32.6. The van der Waals surface area contributed by atoms with Gasteiger partial charge in [-0.2, -0.15) is 0 Å². The molecule has 2 fully saturated rings. The van der Waals surface area contributed by atoms with Gasteiger partial charge < -0.3 is 15.2 Å². The van der Waals surface area contributed by atoms with E-state index in [0.717, 1.165) is 5.56 Å². The Labute approximate surface area is 226 Å². The van der Waals surface area contributed by atoms with Gasteiger partial charge in [-0.3, -0.25) is 19.4 Å². The highest BCUT2D eigenvalue weighted by Gasteiger charge is 2.48. The number of carbonyl (C=O) groups is 2. The van der Waals surface area contributed by atoms with Crippen molar-refractivity contribution >= 4 is 23.3 Å². The Bertz CT molecular complexity index is 1280. The quantitative estimate of drug-likeness (QED) is 0.555. The molecule has 3 aliphatic heterocycles. The third-order valence-electron chi connectivity index (χ3n) is 8.86. The minimum absolute atomic E-state index is 0.0530. The van der Waals surface area contributed by atoms with E-state index >= 15 is 0 Å². The summed E-state index contributed by atoms with van der Waals surface area (Å²) in [7, 11) is 0. The number of hydrogen-bond donors (Lipinski definition) is 2. The van der Waals surface area contributed by atoms with Crippen LogP contribution in [0, 0.1) is 5.92 Å². The molecule has 0 radical (unpaired) electrons. The van der Waals surface area contributed by atoms with Crippen LogP contribution in [0.25, 0.3) is 0 Å². The van der Waals surface area contributed by atoms with Crippen LogP contribution in [0.15, 0.2) is 30.5 Å². The number of pyridine rings is 1. The summed E-state index contributed by atoms with van der Waals surface area (Å²) >= 11 is 0. The molecule has 1 spiro atoms. The molecule has 8 nitrogen and oxygen atoms in total. The number of fused-ring (bicyclic) bond motifs is 3. The molecule has 208 valence electrons. The highest BCUT2D eigenvalue weighted by Crippen LogP contribution is 2.46. The van der Waals surface area contributed by atoms with E-state index in [1.54, 1.807) is 17.2 Å². The summed E-state index contributed by atoms with van der Waals surface area (Å²) in [4.78, 5) is 34.0. The lowest BCUT2D eigenvalue weighted by Crippen LogP contribution is -2.48. The van der Waals surface area contributed by atoms with Gasteiger partial charge in [-0.1, -0.05) is 6.07 Å². The van der Waals surface area contributed by atoms with Crippen LogP contribution < -0.4 is 15.0 Å². The first-order valence-corrected chi connectivity index (χ1v) is 13.7. The molecule has 2 amide bonds. The maximum absolute atomic E-state index is 13.3. The summed E-state index contributed by atoms with van der Waals surface area (Å²) in [5, 5.41) is 12.9. The number of carbonyl (C=O) groups excluding carboxylic acids is 2. The zero-order valence-electron chi connectivity index (χ0n) is 22.1. The number of aryl methyl sites for hydroxylation is 1. The predicted octanol–water partition coefficient (Wildman–Crippen LogP) is 3.82. The van der Waals surface area contributed by atoms with E-state index < -0.39 is 17.4 Å². The second-order valence-corrected chi connectivity index (χ2v) is 11.8. The molecule has 1 aromatic carbocycles. The van der Waals surface area contributed by atoms with Gasteiger partial charge in [0.25, 0.3) is 6.43 Å². The standard InChI is InChI=1S/C29H34F2N4O4/c1-28(38)14-18(15-28)17-35-24(36)5-3-20-12-21(16-32-26(20)35)39-11-10-34-8-6-29(7-9-34)22-13-19(25(30)31)2-4-23(22)33-27(29)37/h2,4,12-13,16,18,25,38H,3,5-11,14-15,17H2,1H3,(H,33,37). The van der Waals surface area contributed by atoms with Gasteiger partial charge in [0.1, 0.15) is 18.2 Å². The molecular formula is C29H34F2N4O4. The number of hydrogen-bond acceptors (Lipinski definition) is 6. The number of anilines is 2. The predicted molar refractivity (Wildman–Crippen MR) is 141 cm³/mol. The maximum atomic E-state index is 13.3. The van der Waals surface area contributed by atoms with Crippen LogP contribution in [0.2, 0.25) is 0 Å². The monoisotopic (exact) mass is 540 g/mol. The van der Waals surface area contributed by atoms with Gasteiger partial charge in [0.05, 0.1) is 17.2 Å². The van der Waals surface area contributed by atoms with Gasteiger partial charge in [-0.15, -0.1) is 0 Å². The molecule has 1 aromatic heterocycles. The first-order chi connectivity index (χ1) is 18.6. The fourth-order valence-electron chi connectivity index (χ4n) is 6.76. The van der Waals surface area contributed by atoms with E-state index in [9.17, 15) is 23.5 Å². The molecule has 1 aliphatic carbocycles. The molecule has 2 N–H and O–H groups in total.